The van der Waals surface area contributed by atoms with Crippen molar-refractivity contribution >= 4 is 5.91 Å². The van der Waals surface area contributed by atoms with Crippen LogP contribution in [0.1, 0.15) is 33.1 Å². The van der Waals surface area contributed by atoms with Crippen molar-refractivity contribution in [3.05, 3.63) is 24.3 Å². The first-order chi connectivity index (χ1) is 9.47. The minimum atomic E-state index is -0.985. The fraction of sp³-hybridized carbons (Fsp3) is 0.533. The summed E-state index contributed by atoms with van der Waals surface area (Å²) in [7, 11) is 0. The largest absolute Gasteiger partial charge is 0.490 e. The van der Waals surface area contributed by atoms with E-state index in [4.69, 9.17) is 20.9 Å². The maximum atomic E-state index is 11.1. The highest BCUT2D eigenvalue weighted by atomic mass is 16.5. The Labute approximate surface area is 120 Å². The third kappa shape index (κ3) is 5.09. The monoisotopic (exact) mass is 280 g/mol. The van der Waals surface area contributed by atoms with Gasteiger partial charge in [-0.15, -0.1) is 0 Å². The van der Waals surface area contributed by atoms with Crippen molar-refractivity contribution < 1.29 is 14.3 Å². The van der Waals surface area contributed by atoms with E-state index < -0.39 is 11.4 Å². The summed E-state index contributed by atoms with van der Waals surface area (Å²) in [5, 5.41) is 0. The van der Waals surface area contributed by atoms with Gasteiger partial charge in [0.05, 0.1) is 18.8 Å². The molecule has 1 rings (SSSR count). The molecule has 5 nitrogen and oxygen atoms in total. The molecular weight excluding hydrogens is 256 g/mol. The van der Waals surface area contributed by atoms with Gasteiger partial charge >= 0.3 is 0 Å². The molecule has 0 fully saturated rings. The quantitative estimate of drug-likeness (QED) is 0.676. The zero-order valence-corrected chi connectivity index (χ0v) is 12.2. The number of para-hydroxylation sites is 2. The van der Waals surface area contributed by atoms with Gasteiger partial charge in [-0.2, -0.15) is 0 Å². The van der Waals surface area contributed by atoms with Gasteiger partial charge in [0.15, 0.2) is 11.5 Å². The number of benzene rings is 1. The highest BCUT2D eigenvalue weighted by Crippen LogP contribution is 2.26. The van der Waals surface area contributed by atoms with Crippen molar-refractivity contribution in [2.24, 2.45) is 11.5 Å². The van der Waals surface area contributed by atoms with Crippen LogP contribution in [0.25, 0.3) is 0 Å². The molecule has 4 N–H and O–H groups in total. The molecular formula is C15H24N2O3. The van der Waals surface area contributed by atoms with Crippen LogP contribution >= 0.6 is 0 Å². The molecule has 1 aromatic rings. The molecule has 0 spiro atoms. The number of primary amides is 1. The van der Waals surface area contributed by atoms with Crippen molar-refractivity contribution in [3.63, 3.8) is 0 Å². The van der Waals surface area contributed by atoms with Crippen LogP contribution in [0.3, 0.4) is 0 Å². The van der Waals surface area contributed by atoms with Gasteiger partial charge < -0.3 is 20.9 Å². The second kappa shape index (κ2) is 7.75. The molecule has 20 heavy (non-hydrogen) atoms. The molecule has 0 saturated heterocycles. The maximum absolute atomic E-state index is 11.1. The normalized spacial score (nSPS) is 13.6. The maximum Gasteiger partial charge on any atom is 0.237 e. The first-order valence-corrected chi connectivity index (χ1v) is 6.91. The summed E-state index contributed by atoms with van der Waals surface area (Å²) < 4.78 is 11.3. The van der Waals surface area contributed by atoms with Crippen LogP contribution in [-0.2, 0) is 4.79 Å². The number of hydrogen-bond acceptors (Lipinski definition) is 4. The highest BCUT2D eigenvalue weighted by molar-refractivity contribution is 5.83. The Hall–Kier alpha value is -1.75. The predicted molar refractivity (Wildman–Crippen MR) is 78.7 cm³/mol. The molecule has 5 heteroatoms. The smallest absolute Gasteiger partial charge is 0.237 e. The number of nitrogens with two attached hydrogens (primary N) is 2. The zero-order valence-electron chi connectivity index (χ0n) is 12.2. The Bertz CT molecular complexity index is 433. The van der Waals surface area contributed by atoms with E-state index in [1.807, 2.05) is 24.3 Å². The van der Waals surface area contributed by atoms with Gasteiger partial charge in [0.2, 0.25) is 5.91 Å². The van der Waals surface area contributed by atoms with E-state index in [-0.39, 0.29) is 0 Å². The average Bonchev–Trinajstić information content (AvgIpc) is 2.42. The molecule has 1 atom stereocenters. The second-order valence-electron chi connectivity index (χ2n) is 5.03. The first-order valence-electron chi connectivity index (χ1n) is 6.91. The summed E-state index contributed by atoms with van der Waals surface area (Å²) in [4.78, 5) is 11.1. The summed E-state index contributed by atoms with van der Waals surface area (Å²) in [5.74, 6) is 0.947. The standard InChI is InChI=1S/C15H24N2O3/c1-3-10-19-12-7-4-5-8-13(12)20-11-6-9-15(2,17)14(16)18/h4-5,7-8H,3,6,9-11,17H2,1-2H3,(H2,16,18). The van der Waals surface area contributed by atoms with Crippen molar-refractivity contribution in [3.8, 4) is 11.5 Å². The Morgan fingerprint density at radius 2 is 1.75 bits per heavy atom. The van der Waals surface area contributed by atoms with Crippen molar-refractivity contribution in [2.75, 3.05) is 13.2 Å². The SMILES string of the molecule is CCCOc1ccccc1OCCCC(C)(N)C(N)=O. The van der Waals surface area contributed by atoms with Gasteiger partial charge in [0, 0.05) is 0 Å². The summed E-state index contributed by atoms with van der Waals surface area (Å²) in [6.45, 7) is 4.80. The highest BCUT2D eigenvalue weighted by Gasteiger charge is 2.24. The second-order valence-corrected chi connectivity index (χ2v) is 5.03. The van der Waals surface area contributed by atoms with Crippen LogP contribution in [0.15, 0.2) is 24.3 Å². The first kappa shape index (κ1) is 16.3. The van der Waals surface area contributed by atoms with Gasteiger partial charge in [0.25, 0.3) is 0 Å². The Morgan fingerprint density at radius 1 is 1.20 bits per heavy atom. The molecule has 112 valence electrons. The molecule has 0 aliphatic rings. The molecule has 0 heterocycles. The van der Waals surface area contributed by atoms with Crippen molar-refractivity contribution in [1.82, 2.24) is 0 Å². The molecule has 1 amide bonds. The number of rotatable bonds is 9. The van der Waals surface area contributed by atoms with Crippen molar-refractivity contribution in [2.45, 2.75) is 38.6 Å². The fourth-order valence-corrected chi connectivity index (χ4v) is 1.65. The van der Waals surface area contributed by atoms with Gasteiger partial charge in [-0.1, -0.05) is 19.1 Å². The third-order valence-electron chi connectivity index (χ3n) is 2.97. The minimum Gasteiger partial charge on any atom is -0.490 e. The average molecular weight is 280 g/mol. The van der Waals surface area contributed by atoms with Gasteiger partial charge in [0.1, 0.15) is 0 Å². The van der Waals surface area contributed by atoms with E-state index in [2.05, 4.69) is 6.92 Å². The van der Waals surface area contributed by atoms with Gasteiger partial charge in [-0.3, -0.25) is 4.79 Å². The lowest BCUT2D eigenvalue weighted by molar-refractivity contribution is -0.122. The Morgan fingerprint density at radius 3 is 2.25 bits per heavy atom. The van der Waals surface area contributed by atoms with E-state index in [0.717, 1.165) is 12.2 Å². The van der Waals surface area contributed by atoms with E-state index in [1.165, 1.54) is 0 Å². The topological polar surface area (TPSA) is 87.6 Å². The third-order valence-corrected chi connectivity index (χ3v) is 2.97. The number of ether oxygens (including phenoxy) is 2. The molecule has 0 saturated carbocycles. The Kier molecular flexibility index (Phi) is 6.31. The molecule has 0 aliphatic carbocycles. The Balaban J connectivity index is 2.44. The van der Waals surface area contributed by atoms with Crippen molar-refractivity contribution in [1.29, 1.82) is 0 Å². The molecule has 1 unspecified atom stereocenters. The minimum absolute atomic E-state index is 0.465. The number of hydrogen-bond donors (Lipinski definition) is 2. The van der Waals surface area contributed by atoms with Crippen LogP contribution < -0.4 is 20.9 Å². The predicted octanol–water partition coefficient (Wildman–Crippen LogP) is 1.84. The molecule has 0 aliphatic heterocycles. The molecule has 0 bridgehead atoms. The molecule has 1 aromatic carbocycles. The van der Waals surface area contributed by atoms with Crippen LogP contribution in [0.2, 0.25) is 0 Å². The number of amides is 1. The van der Waals surface area contributed by atoms with Crippen LogP contribution in [0.5, 0.6) is 11.5 Å². The van der Waals surface area contributed by atoms with Crippen LogP contribution in [0, 0.1) is 0 Å². The van der Waals surface area contributed by atoms with E-state index in [9.17, 15) is 4.79 Å². The number of carbonyl (C=O) groups is 1. The fourth-order valence-electron chi connectivity index (χ4n) is 1.65. The van der Waals surface area contributed by atoms with Crippen LogP contribution in [-0.4, -0.2) is 24.7 Å². The lowest BCUT2D eigenvalue weighted by Crippen LogP contribution is -2.49. The molecule has 0 aromatic heterocycles. The van der Waals surface area contributed by atoms with E-state index >= 15 is 0 Å². The van der Waals surface area contributed by atoms with E-state index in [1.54, 1.807) is 6.92 Å². The van der Waals surface area contributed by atoms with Crippen LogP contribution in [0.4, 0.5) is 0 Å². The summed E-state index contributed by atoms with van der Waals surface area (Å²) >= 11 is 0. The zero-order chi connectivity index (χ0) is 15.0. The number of carbonyl (C=O) groups excluding carboxylic acids is 1. The van der Waals surface area contributed by atoms with Gasteiger partial charge in [-0.05, 0) is 38.3 Å². The van der Waals surface area contributed by atoms with Gasteiger partial charge in [-0.25, -0.2) is 0 Å². The van der Waals surface area contributed by atoms with E-state index in [0.29, 0.717) is 31.8 Å². The summed E-state index contributed by atoms with van der Waals surface area (Å²) in [6.07, 6.45) is 2.08. The lowest BCUT2D eigenvalue weighted by atomic mass is 9.97. The molecule has 0 radical (unpaired) electrons. The lowest BCUT2D eigenvalue weighted by Gasteiger charge is -2.20. The summed E-state index contributed by atoms with van der Waals surface area (Å²) in [5.41, 5.74) is 10.0. The summed E-state index contributed by atoms with van der Waals surface area (Å²) in [6, 6.07) is 7.54.